The highest BCUT2D eigenvalue weighted by Gasteiger charge is 2.31. The molecule has 0 unspecified atom stereocenters. The van der Waals surface area contributed by atoms with Crippen LogP contribution in [-0.4, -0.2) is 6.54 Å². The molecule has 0 heterocycles. The molecule has 3 rings (SSSR count). The van der Waals surface area contributed by atoms with Crippen LogP contribution in [0.4, 0.5) is 5.69 Å². The molecule has 0 aliphatic heterocycles. The van der Waals surface area contributed by atoms with Crippen molar-refractivity contribution >= 4 is 16.5 Å². The van der Waals surface area contributed by atoms with E-state index in [2.05, 4.69) is 48.6 Å². The molecule has 2 nitrogen and oxygen atoms in total. The van der Waals surface area contributed by atoms with Gasteiger partial charge in [-0.1, -0.05) is 44.0 Å². The lowest BCUT2D eigenvalue weighted by molar-refractivity contribution is 0.268. The van der Waals surface area contributed by atoms with Crippen molar-refractivity contribution in [2.24, 2.45) is 5.41 Å². The number of hydrogen-bond acceptors (Lipinski definition) is 2. The van der Waals surface area contributed by atoms with Crippen molar-refractivity contribution in [3.63, 3.8) is 0 Å². The minimum atomic E-state index is 0.533. The van der Waals surface area contributed by atoms with Crippen molar-refractivity contribution in [2.45, 2.75) is 45.6 Å². The summed E-state index contributed by atoms with van der Waals surface area (Å²) in [6.45, 7) is 4.32. The van der Waals surface area contributed by atoms with Crippen LogP contribution in [0.2, 0.25) is 0 Å². The molecular weight excluding hydrogens is 256 g/mol. The van der Waals surface area contributed by atoms with Crippen LogP contribution in [0.15, 0.2) is 36.4 Å². The van der Waals surface area contributed by atoms with E-state index < -0.39 is 0 Å². The number of benzene rings is 2. The van der Waals surface area contributed by atoms with Gasteiger partial charge in [-0.25, -0.2) is 0 Å². The number of rotatable bonds is 5. The summed E-state index contributed by atoms with van der Waals surface area (Å²) >= 11 is 0. The molecule has 0 atom stereocenters. The lowest BCUT2D eigenvalue weighted by atomic mass is 9.83. The Bertz CT molecular complexity index is 612. The van der Waals surface area contributed by atoms with Crippen molar-refractivity contribution in [1.82, 2.24) is 5.32 Å². The summed E-state index contributed by atoms with van der Waals surface area (Å²) in [6, 6.07) is 12.7. The standard InChI is InChI=1S/C19H26N2/c1-2-19(9-5-6-10-19)14-21-13-17-11-15-7-3-4-8-16(15)12-18(17)20/h3-4,7-8,11-12,21H,2,5-6,9-10,13-14,20H2,1H3. The first-order valence-electron chi connectivity index (χ1n) is 8.20. The van der Waals surface area contributed by atoms with Crippen LogP contribution in [0.1, 0.15) is 44.6 Å². The molecule has 1 saturated carbocycles. The monoisotopic (exact) mass is 282 g/mol. The van der Waals surface area contributed by atoms with Gasteiger partial charge in [-0.2, -0.15) is 0 Å². The maximum Gasteiger partial charge on any atom is 0.0366 e. The SMILES string of the molecule is CCC1(CNCc2cc3ccccc3cc2N)CCCC1. The fraction of sp³-hybridized carbons (Fsp3) is 0.474. The number of nitrogens with one attached hydrogen (secondary N) is 1. The molecule has 0 aromatic heterocycles. The first-order valence-corrected chi connectivity index (χ1v) is 8.20. The second-order valence-electron chi connectivity index (χ2n) is 6.56. The topological polar surface area (TPSA) is 38.0 Å². The fourth-order valence-electron chi connectivity index (χ4n) is 3.70. The Hall–Kier alpha value is -1.54. The molecule has 0 amide bonds. The molecule has 0 radical (unpaired) electrons. The predicted octanol–water partition coefficient (Wildman–Crippen LogP) is 4.48. The Kier molecular flexibility index (Phi) is 4.16. The molecule has 3 N–H and O–H groups in total. The highest BCUT2D eigenvalue weighted by atomic mass is 14.9. The fourth-order valence-corrected chi connectivity index (χ4v) is 3.70. The Morgan fingerprint density at radius 3 is 2.43 bits per heavy atom. The average Bonchev–Trinajstić information content (AvgIpc) is 2.97. The second-order valence-corrected chi connectivity index (χ2v) is 6.56. The smallest absolute Gasteiger partial charge is 0.0366 e. The highest BCUT2D eigenvalue weighted by Crippen LogP contribution is 2.40. The maximum atomic E-state index is 6.21. The molecule has 1 fully saturated rings. The molecule has 21 heavy (non-hydrogen) atoms. The predicted molar refractivity (Wildman–Crippen MR) is 91.3 cm³/mol. The molecule has 0 spiro atoms. The van der Waals surface area contributed by atoms with Gasteiger partial charge < -0.3 is 11.1 Å². The molecular formula is C19H26N2. The van der Waals surface area contributed by atoms with Gasteiger partial charge in [0, 0.05) is 18.8 Å². The Morgan fingerprint density at radius 1 is 1.10 bits per heavy atom. The Labute approximate surface area is 127 Å². The number of nitrogen functional groups attached to an aromatic ring is 1. The van der Waals surface area contributed by atoms with Crippen LogP contribution < -0.4 is 11.1 Å². The summed E-state index contributed by atoms with van der Waals surface area (Å²) in [7, 11) is 0. The van der Waals surface area contributed by atoms with Crippen molar-refractivity contribution in [3.05, 3.63) is 42.0 Å². The van der Waals surface area contributed by atoms with Gasteiger partial charge in [0.1, 0.15) is 0 Å². The van der Waals surface area contributed by atoms with Gasteiger partial charge in [-0.05, 0) is 53.1 Å². The van der Waals surface area contributed by atoms with E-state index in [1.165, 1.54) is 48.4 Å². The van der Waals surface area contributed by atoms with Crippen LogP contribution in [-0.2, 0) is 6.54 Å². The number of anilines is 1. The van der Waals surface area contributed by atoms with Gasteiger partial charge in [0.15, 0.2) is 0 Å². The van der Waals surface area contributed by atoms with Gasteiger partial charge in [0.25, 0.3) is 0 Å². The Morgan fingerprint density at radius 2 is 1.76 bits per heavy atom. The summed E-state index contributed by atoms with van der Waals surface area (Å²) in [6.07, 6.45) is 6.84. The third kappa shape index (κ3) is 3.06. The van der Waals surface area contributed by atoms with Crippen LogP contribution in [0.5, 0.6) is 0 Å². The van der Waals surface area contributed by atoms with Crippen LogP contribution in [0, 0.1) is 5.41 Å². The zero-order chi connectivity index (χ0) is 14.7. The first kappa shape index (κ1) is 14.4. The zero-order valence-corrected chi connectivity index (χ0v) is 13.0. The Balaban J connectivity index is 1.69. The van der Waals surface area contributed by atoms with Gasteiger partial charge in [-0.3, -0.25) is 0 Å². The number of hydrogen-bond donors (Lipinski definition) is 2. The largest absolute Gasteiger partial charge is 0.398 e. The van der Waals surface area contributed by atoms with E-state index in [1.807, 2.05) is 0 Å². The molecule has 112 valence electrons. The van der Waals surface area contributed by atoms with E-state index >= 15 is 0 Å². The van der Waals surface area contributed by atoms with E-state index in [4.69, 9.17) is 5.73 Å². The van der Waals surface area contributed by atoms with Gasteiger partial charge in [0.2, 0.25) is 0 Å². The lowest BCUT2D eigenvalue weighted by Gasteiger charge is -2.28. The average molecular weight is 282 g/mol. The summed E-state index contributed by atoms with van der Waals surface area (Å²) in [5.74, 6) is 0. The molecule has 1 aliphatic rings. The quantitative estimate of drug-likeness (QED) is 0.793. The van der Waals surface area contributed by atoms with E-state index in [1.54, 1.807) is 0 Å². The highest BCUT2D eigenvalue weighted by molar-refractivity contribution is 5.86. The third-order valence-corrected chi connectivity index (χ3v) is 5.24. The molecule has 2 heteroatoms. The minimum Gasteiger partial charge on any atom is -0.398 e. The third-order valence-electron chi connectivity index (χ3n) is 5.24. The molecule has 2 aromatic carbocycles. The van der Waals surface area contributed by atoms with Crippen LogP contribution in [0.25, 0.3) is 10.8 Å². The van der Waals surface area contributed by atoms with Gasteiger partial charge in [-0.15, -0.1) is 0 Å². The van der Waals surface area contributed by atoms with E-state index in [0.717, 1.165) is 18.8 Å². The molecule has 2 aromatic rings. The second kappa shape index (κ2) is 6.07. The van der Waals surface area contributed by atoms with Crippen molar-refractivity contribution < 1.29 is 0 Å². The summed E-state index contributed by atoms with van der Waals surface area (Å²) in [5.41, 5.74) is 8.86. The maximum absolute atomic E-state index is 6.21. The van der Waals surface area contributed by atoms with E-state index in [0.29, 0.717) is 5.41 Å². The number of fused-ring (bicyclic) bond motifs is 1. The summed E-state index contributed by atoms with van der Waals surface area (Å²) in [4.78, 5) is 0. The molecule has 0 bridgehead atoms. The number of nitrogens with two attached hydrogens (primary N) is 1. The summed E-state index contributed by atoms with van der Waals surface area (Å²) in [5, 5.41) is 6.16. The van der Waals surface area contributed by atoms with Gasteiger partial charge in [0.05, 0.1) is 0 Å². The van der Waals surface area contributed by atoms with Crippen LogP contribution in [0.3, 0.4) is 0 Å². The normalized spacial score (nSPS) is 17.4. The molecule has 0 saturated heterocycles. The minimum absolute atomic E-state index is 0.533. The van der Waals surface area contributed by atoms with Crippen LogP contribution >= 0.6 is 0 Å². The molecule has 1 aliphatic carbocycles. The van der Waals surface area contributed by atoms with Gasteiger partial charge >= 0.3 is 0 Å². The van der Waals surface area contributed by atoms with Crippen molar-refractivity contribution in [3.8, 4) is 0 Å². The van der Waals surface area contributed by atoms with Crippen molar-refractivity contribution in [2.75, 3.05) is 12.3 Å². The first-order chi connectivity index (χ1) is 10.2. The zero-order valence-electron chi connectivity index (χ0n) is 13.0. The van der Waals surface area contributed by atoms with E-state index in [9.17, 15) is 0 Å². The van der Waals surface area contributed by atoms with E-state index in [-0.39, 0.29) is 0 Å². The van der Waals surface area contributed by atoms with Crippen molar-refractivity contribution in [1.29, 1.82) is 0 Å². The lowest BCUT2D eigenvalue weighted by Crippen LogP contribution is -2.31. The summed E-state index contributed by atoms with van der Waals surface area (Å²) < 4.78 is 0.